The molecule has 1 nitrogen and oxygen atoms in total. The molecule has 1 aromatic carbocycles. The fourth-order valence-corrected chi connectivity index (χ4v) is 2.18. The number of hydrogen-bond donors (Lipinski definition) is 0. The molecule has 0 amide bonds. The van der Waals surface area contributed by atoms with Gasteiger partial charge in [0.1, 0.15) is 0 Å². The van der Waals surface area contributed by atoms with Gasteiger partial charge in [0.15, 0.2) is 0 Å². The zero-order valence-corrected chi connectivity index (χ0v) is 9.35. The van der Waals surface area contributed by atoms with Gasteiger partial charge in [0, 0.05) is 5.39 Å². The van der Waals surface area contributed by atoms with Crippen molar-refractivity contribution < 1.29 is 0 Å². The maximum absolute atomic E-state index is 5.89. The summed E-state index contributed by atoms with van der Waals surface area (Å²) in [5.41, 5.74) is 1.02. The van der Waals surface area contributed by atoms with Crippen LogP contribution >= 0.6 is 23.4 Å². The van der Waals surface area contributed by atoms with Crippen LogP contribution in [-0.2, 0) is 0 Å². The van der Waals surface area contributed by atoms with Gasteiger partial charge < -0.3 is 0 Å². The van der Waals surface area contributed by atoms with Crippen LogP contribution in [0.4, 0.5) is 0 Å². The van der Waals surface area contributed by atoms with Crippen LogP contribution in [0, 0.1) is 0 Å². The molecule has 1 heterocycles. The van der Waals surface area contributed by atoms with Gasteiger partial charge in [-0.15, -0.1) is 11.6 Å². The first-order chi connectivity index (χ1) is 6.75. The molecule has 3 heteroatoms. The largest absolute Gasteiger partial charge is 0.241 e. The van der Waals surface area contributed by atoms with E-state index in [0.29, 0.717) is 0 Å². The fraction of sp³-hybridized carbons (Fsp3) is 0.182. The molecule has 0 spiro atoms. The van der Waals surface area contributed by atoms with E-state index in [-0.39, 0.29) is 4.71 Å². The van der Waals surface area contributed by atoms with Crippen molar-refractivity contribution in [3.63, 3.8) is 0 Å². The first kappa shape index (κ1) is 9.81. The highest BCUT2D eigenvalue weighted by atomic mass is 35.5. The molecular weight excluding hydrogens is 214 g/mol. The molecule has 14 heavy (non-hydrogen) atoms. The van der Waals surface area contributed by atoms with Gasteiger partial charge in [-0.3, -0.25) is 0 Å². The van der Waals surface area contributed by atoms with Gasteiger partial charge >= 0.3 is 0 Å². The summed E-state index contributed by atoms with van der Waals surface area (Å²) in [6.45, 7) is 1.95. The molecule has 0 N–H and O–H groups in total. The average Bonchev–Trinajstić information content (AvgIpc) is 2.17. The quantitative estimate of drug-likeness (QED) is 0.566. The Kier molecular flexibility index (Phi) is 2.94. The molecule has 0 radical (unpaired) electrons. The number of benzene rings is 1. The lowest BCUT2D eigenvalue weighted by molar-refractivity contribution is 1.18. The SMILES string of the molecule is CC(Cl)Sc1ccc2ccccc2n1. The van der Waals surface area contributed by atoms with E-state index in [0.717, 1.165) is 10.5 Å². The molecule has 2 aromatic rings. The van der Waals surface area contributed by atoms with Gasteiger partial charge in [-0.25, -0.2) is 4.98 Å². The maximum Gasteiger partial charge on any atom is 0.0981 e. The molecule has 1 unspecified atom stereocenters. The Morgan fingerprint density at radius 3 is 2.79 bits per heavy atom. The van der Waals surface area contributed by atoms with E-state index in [1.165, 1.54) is 5.39 Å². The third-order valence-corrected chi connectivity index (χ3v) is 2.92. The minimum Gasteiger partial charge on any atom is -0.241 e. The summed E-state index contributed by atoms with van der Waals surface area (Å²) in [6, 6.07) is 12.2. The van der Waals surface area contributed by atoms with Crippen molar-refractivity contribution >= 4 is 34.3 Å². The van der Waals surface area contributed by atoms with Crippen LogP contribution in [0.3, 0.4) is 0 Å². The summed E-state index contributed by atoms with van der Waals surface area (Å²) in [6.07, 6.45) is 0. The Bertz CT molecular complexity index is 442. The number of halogens is 1. The fourth-order valence-electron chi connectivity index (χ4n) is 1.28. The van der Waals surface area contributed by atoms with Gasteiger partial charge in [0.2, 0.25) is 0 Å². The molecule has 0 aliphatic heterocycles. The highest BCUT2D eigenvalue weighted by Crippen LogP contribution is 2.25. The Hall–Kier alpha value is -0.730. The van der Waals surface area contributed by atoms with Crippen molar-refractivity contribution in [2.75, 3.05) is 0 Å². The van der Waals surface area contributed by atoms with E-state index >= 15 is 0 Å². The topological polar surface area (TPSA) is 12.9 Å². The van der Waals surface area contributed by atoms with E-state index < -0.39 is 0 Å². The summed E-state index contributed by atoms with van der Waals surface area (Å²) >= 11 is 7.45. The van der Waals surface area contributed by atoms with Gasteiger partial charge in [-0.05, 0) is 19.1 Å². The molecule has 0 aliphatic carbocycles. The van der Waals surface area contributed by atoms with Crippen molar-refractivity contribution in [2.45, 2.75) is 16.7 Å². The number of nitrogens with zero attached hydrogens (tertiary/aromatic N) is 1. The zero-order valence-electron chi connectivity index (χ0n) is 7.77. The van der Waals surface area contributed by atoms with E-state index in [2.05, 4.69) is 17.1 Å². The molecule has 0 saturated carbocycles. The average molecular weight is 224 g/mol. The molecule has 0 aliphatic rings. The predicted octanol–water partition coefficient (Wildman–Crippen LogP) is 3.91. The number of thioether (sulfide) groups is 1. The monoisotopic (exact) mass is 223 g/mol. The number of aromatic nitrogens is 1. The number of fused-ring (bicyclic) bond motifs is 1. The second kappa shape index (κ2) is 4.20. The predicted molar refractivity (Wildman–Crippen MR) is 62.9 cm³/mol. The van der Waals surface area contributed by atoms with Crippen molar-refractivity contribution in [1.29, 1.82) is 0 Å². The van der Waals surface area contributed by atoms with Crippen LogP contribution in [0.15, 0.2) is 41.4 Å². The van der Waals surface area contributed by atoms with E-state index in [9.17, 15) is 0 Å². The standard InChI is InChI=1S/C11H10ClNS/c1-8(12)14-11-7-6-9-4-2-3-5-10(9)13-11/h2-8H,1H3. The third-order valence-electron chi connectivity index (χ3n) is 1.86. The van der Waals surface area contributed by atoms with Crippen LogP contribution in [0.1, 0.15) is 6.92 Å². The summed E-state index contributed by atoms with van der Waals surface area (Å²) in [7, 11) is 0. The van der Waals surface area contributed by atoms with Crippen LogP contribution < -0.4 is 0 Å². The Morgan fingerprint density at radius 2 is 2.00 bits per heavy atom. The van der Waals surface area contributed by atoms with E-state index in [1.807, 2.05) is 31.2 Å². The van der Waals surface area contributed by atoms with E-state index in [4.69, 9.17) is 11.6 Å². The van der Waals surface area contributed by atoms with Gasteiger partial charge in [-0.2, -0.15) is 0 Å². The van der Waals surface area contributed by atoms with Gasteiger partial charge in [-0.1, -0.05) is 36.0 Å². The summed E-state index contributed by atoms with van der Waals surface area (Å²) in [5, 5.41) is 2.14. The van der Waals surface area contributed by atoms with Crippen LogP contribution in [0.2, 0.25) is 0 Å². The van der Waals surface area contributed by atoms with Crippen molar-refractivity contribution in [3.8, 4) is 0 Å². The number of hydrogen-bond acceptors (Lipinski definition) is 2. The molecule has 0 bridgehead atoms. The number of rotatable bonds is 2. The minimum atomic E-state index is 0.0589. The lowest BCUT2D eigenvalue weighted by Crippen LogP contribution is -1.86. The normalized spacial score (nSPS) is 13.0. The second-order valence-electron chi connectivity index (χ2n) is 3.00. The molecular formula is C11H10ClNS. The Balaban J connectivity index is 2.41. The first-order valence-corrected chi connectivity index (χ1v) is 5.74. The number of para-hydroxylation sites is 1. The van der Waals surface area contributed by atoms with E-state index in [1.54, 1.807) is 11.8 Å². The minimum absolute atomic E-state index is 0.0589. The van der Waals surface area contributed by atoms with Crippen molar-refractivity contribution in [1.82, 2.24) is 4.98 Å². The number of pyridine rings is 1. The lowest BCUT2D eigenvalue weighted by Gasteiger charge is -2.03. The Labute approximate surface area is 92.5 Å². The Morgan fingerprint density at radius 1 is 1.21 bits per heavy atom. The molecule has 72 valence electrons. The number of alkyl halides is 1. The molecule has 1 aromatic heterocycles. The van der Waals surface area contributed by atoms with Gasteiger partial charge in [0.05, 0.1) is 15.3 Å². The summed E-state index contributed by atoms with van der Waals surface area (Å²) < 4.78 is 0.0589. The first-order valence-electron chi connectivity index (χ1n) is 4.42. The van der Waals surface area contributed by atoms with Crippen molar-refractivity contribution in [3.05, 3.63) is 36.4 Å². The molecule has 1 atom stereocenters. The van der Waals surface area contributed by atoms with Crippen LogP contribution in [0.25, 0.3) is 10.9 Å². The highest BCUT2D eigenvalue weighted by molar-refractivity contribution is 8.01. The smallest absolute Gasteiger partial charge is 0.0981 e. The van der Waals surface area contributed by atoms with Gasteiger partial charge in [0.25, 0.3) is 0 Å². The molecule has 2 rings (SSSR count). The summed E-state index contributed by atoms with van der Waals surface area (Å²) in [4.78, 5) is 4.49. The maximum atomic E-state index is 5.89. The third kappa shape index (κ3) is 2.20. The van der Waals surface area contributed by atoms with Crippen LogP contribution in [0.5, 0.6) is 0 Å². The molecule has 0 fully saturated rings. The zero-order chi connectivity index (χ0) is 9.97. The highest BCUT2D eigenvalue weighted by Gasteiger charge is 2.02. The van der Waals surface area contributed by atoms with Crippen molar-refractivity contribution in [2.24, 2.45) is 0 Å². The second-order valence-corrected chi connectivity index (χ2v) is 5.28. The molecule has 0 saturated heterocycles. The summed E-state index contributed by atoms with van der Waals surface area (Å²) in [5.74, 6) is 0. The van der Waals surface area contributed by atoms with Crippen LogP contribution in [-0.4, -0.2) is 9.69 Å². The lowest BCUT2D eigenvalue weighted by atomic mass is 10.2.